The number of hydrogen-bond acceptors (Lipinski definition) is 9. The number of benzene rings is 2. The van der Waals surface area contributed by atoms with Gasteiger partial charge in [0.1, 0.15) is 5.84 Å². The Bertz CT molecular complexity index is 1820. The quantitative estimate of drug-likeness (QED) is 0.191. The Hall–Kier alpha value is -5.56. The number of nitrogens with zero attached hydrogens (tertiary/aromatic N) is 4. The van der Waals surface area contributed by atoms with E-state index in [1.165, 1.54) is 7.11 Å². The summed E-state index contributed by atoms with van der Waals surface area (Å²) in [6, 6.07) is 14.6. The molecule has 4 amide bonds. The van der Waals surface area contributed by atoms with Crippen molar-refractivity contribution in [2.45, 2.75) is 52.6 Å². The molecule has 51 heavy (non-hydrogen) atoms. The van der Waals surface area contributed by atoms with Crippen molar-refractivity contribution in [3.63, 3.8) is 0 Å². The van der Waals surface area contributed by atoms with Gasteiger partial charge in [-0.05, 0) is 60.4 Å². The van der Waals surface area contributed by atoms with Gasteiger partial charge >= 0.3 is 6.09 Å². The van der Waals surface area contributed by atoms with Crippen LogP contribution in [-0.2, 0) is 29.0 Å². The summed E-state index contributed by atoms with van der Waals surface area (Å²) < 4.78 is 4.51. The number of amides is 4. The van der Waals surface area contributed by atoms with Crippen LogP contribution >= 0.6 is 0 Å². The van der Waals surface area contributed by atoms with Crippen molar-refractivity contribution in [1.29, 1.82) is 0 Å². The van der Waals surface area contributed by atoms with E-state index >= 15 is 0 Å². The number of hydrogen-bond donors (Lipinski definition) is 4. The molecule has 5 rings (SSSR count). The highest BCUT2D eigenvalue weighted by atomic mass is 16.5. The number of fused-ring (bicyclic) bond motifs is 2. The second-order valence-corrected chi connectivity index (χ2v) is 12.6. The van der Waals surface area contributed by atoms with Crippen molar-refractivity contribution in [3.8, 4) is 0 Å². The molecule has 268 valence electrons. The first-order valence-corrected chi connectivity index (χ1v) is 17.3. The fourth-order valence-electron chi connectivity index (χ4n) is 6.15. The minimum atomic E-state index is -0.544. The van der Waals surface area contributed by atoms with Crippen molar-refractivity contribution in [3.05, 3.63) is 93.8 Å². The Morgan fingerprint density at radius 1 is 0.941 bits per heavy atom. The Morgan fingerprint density at radius 2 is 1.67 bits per heavy atom. The van der Waals surface area contributed by atoms with E-state index in [1.54, 1.807) is 36.5 Å². The highest BCUT2D eigenvalue weighted by molar-refractivity contribution is 6.08. The lowest BCUT2D eigenvalue weighted by molar-refractivity contribution is -0.127. The lowest BCUT2D eigenvalue weighted by atomic mass is 10.0. The molecule has 0 saturated carbocycles. The van der Waals surface area contributed by atoms with Gasteiger partial charge in [0.15, 0.2) is 0 Å². The van der Waals surface area contributed by atoms with Crippen LogP contribution in [0.4, 0.5) is 16.2 Å². The summed E-state index contributed by atoms with van der Waals surface area (Å²) >= 11 is 0. The maximum Gasteiger partial charge on any atom is 0.406 e. The number of aromatic nitrogens is 1. The monoisotopic (exact) mass is 694 g/mol. The van der Waals surface area contributed by atoms with E-state index < -0.39 is 6.09 Å². The number of carbonyl (C=O) groups is 4. The van der Waals surface area contributed by atoms with Crippen LogP contribution in [-0.4, -0.2) is 84.3 Å². The maximum absolute atomic E-state index is 13.4. The summed E-state index contributed by atoms with van der Waals surface area (Å²) in [5.41, 5.74) is 12.8. The molecule has 5 N–H and O–H groups in total. The number of anilines is 1. The minimum Gasteiger partial charge on any atom is -0.453 e. The van der Waals surface area contributed by atoms with Crippen molar-refractivity contribution >= 4 is 47.1 Å². The molecule has 3 aromatic rings. The number of aliphatic imine (C=N–C) groups is 1. The van der Waals surface area contributed by atoms with Crippen LogP contribution < -0.4 is 21.7 Å². The predicted octanol–water partition coefficient (Wildman–Crippen LogP) is 4.40. The summed E-state index contributed by atoms with van der Waals surface area (Å²) in [7, 11) is 1.29. The molecule has 0 fully saturated rings. The van der Waals surface area contributed by atoms with Crippen LogP contribution in [0.3, 0.4) is 0 Å². The average molecular weight is 695 g/mol. The van der Waals surface area contributed by atoms with Crippen molar-refractivity contribution in [2.75, 3.05) is 45.2 Å². The SMILES string of the molecule is CCCN(CCC)C(=O)C1=Cc2ccc(C(=O)Nc3cnc4c(c3)CN(Cc3ccc(C(=O)NCCNC(=O)OC)cc3)CC4)cc2N=C(N)C1. The largest absolute Gasteiger partial charge is 0.453 e. The molecule has 0 radical (unpaired) electrons. The third-order valence-electron chi connectivity index (χ3n) is 8.67. The highest BCUT2D eigenvalue weighted by Crippen LogP contribution is 2.29. The molecule has 0 spiro atoms. The highest BCUT2D eigenvalue weighted by Gasteiger charge is 2.22. The number of nitrogens with one attached hydrogen (secondary N) is 3. The molecule has 0 unspecified atom stereocenters. The van der Waals surface area contributed by atoms with E-state index in [4.69, 9.17) is 5.73 Å². The van der Waals surface area contributed by atoms with E-state index in [2.05, 4.69) is 49.4 Å². The van der Waals surface area contributed by atoms with E-state index in [0.717, 1.165) is 48.2 Å². The average Bonchev–Trinajstić information content (AvgIpc) is 3.30. The van der Waals surface area contributed by atoms with Crippen LogP contribution in [0.5, 0.6) is 0 Å². The summed E-state index contributed by atoms with van der Waals surface area (Å²) in [5, 5.41) is 8.27. The lowest BCUT2D eigenvalue weighted by Crippen LogP contribution is -2.34. The third kappa shape index (κ3) is 9.79. The van der Waals surface area contributed by atoms with Crippen LogP contribution in [0.2, 0.25) is 0 Å². The first-order valence-electron chi connectivity index (χ1n) is 17.3. The molecule has 0 saturated heterocycles. The zero-order valence-corrected chi connectivity index (χ0v) is 29.5. The smallest absolute Gasteiger partial charge is 0.406 e. The van der Waals surface area contributed by atoms with Crippen LogP contribution in [0.15, 0.2) is 65.3 Å². The second kappa shape index (κ2) is 17.4. The number of ether oxygens (including phenoxy) is 1. The van der Waals surface area contributed by atoms with Crippen molar-refractivity contribution in [2.24, 2.45) is 10.7 Å². The van der Waals surface area contributed by atoms with Crippen LogP contribution in [0.25, 0.3) is 6.08 Å². The van der Waals surface area contributed by atoms with Gasteiger partial charge in [-0.3, -0.25) is 24.3 Å². The van der Waals surface area contributed by atoms with Crippen molar-refractivity contribution < 1.29 is 23.9 Å². The van der Waals surface area contributed by atoms with E-state index in [1.807, 2.05) is 29.2 Å². The molecule has 13 heteroatoms. The first-order chi connectivity index (χ1) is 24.7. The number of pyridine rings is 1. The standard InChI is InChI=1S/C38H46N8O5/c1-4-15-46(16-5-2)37(49)29-18-27-10-11-28(20-33(27)44-34(39)21-29)36(48)43-31-19-30-24-45(17-12-32(30)42-22-31)23-25-6-8-26(9-7-25)35(47)40-13-14-41-38(50)51-3/h6-11,18-20,22H,4-5,12-17,21,23-24H2,1-3H3,(H2,39,44)(H,40,47)(H,41,50)(H,43,48). The zero-order valence-electron chi connectivity index (χ0n) is 29.5. The van der Waals surface area contributed by atoms with Crippen LogP contribution in [0.1, 0.15) is 76.2 Å². The number of nitrogens with two attached hydrogens (primary N) is 1. The minimum absolute atomic E-state index is 0.0353. The summed E-state index contributed by atoms with van der Waals surface area (Å²) in [4.78, 5) is 63.6. The summed E-state index contributed by atoms with van der Waals surface area (Å²) in [5.74, 6) is -0.230. The molecule has 0 atom stereocenters. The maximum atomic E-state index is 13.4. The second-order valence-electron chi connectivity index (χ2n) is 12.6. The lowest BCUT2D eigenvalue weighted by Gasteiger charge is -2.28. The van der Waals surface area contributed by atoms with Gasteiger partial charge in [0.25, 0.3) is 11.8 Å². The van der Waals surface area contributed by atoms with Gasteiger partial charge in [-0.25, -0.2) is 9.79 Å². The Balaban J connectivity index is 1.19. The molecule has 0 bridgehead atoms. The number of amidine groups is 1. The Kier molecular flexibility index (Phi) is 12.5. The number of methoxy groups -OCH3 is 1. The molecule has 13 nitrogen and oxygen atoms in total. The van der Waals surface area contributed by atoms with Gasteiger partial charge < -0.3 is 31.3 Å². The van der Waals surface area contributed by atoms with E-state index in [-0.39, 0.29) is 37.2 Å². The normalized spacial score (nSPS) is 13.8. The van der Waals surface area contributed by atoms with E-state index in [0.29, 0.717) is 60.1 Å². The van der Waals surface area contributed by atoms with Gasteiger partial charge in [-0.2, -0.15) is 0 Å². The molecule has 2 aliphatic rings. The number of alkyl carbamates (subject to hydrolysis) is 1. The number of rotatable bonds is 13. The molecule has 3 heterocycles. The topological polar surface area (TPSA) is 171 Å². The summed E-state index contributed by atoms with van der Waals surface area (Å²) in [6.45, 7) is 8.21. The molecule has 1 aromatic heterocycles. The first kappa shape index (κ1) is 36.7. The fourth-order valence-corrected chi connectivity index (χ4v) is 6.15. The van der Waals surface area contributed by atoms with Gasteiger partial charge in [0.2, 0.25) is 5.91 Å². The van der Waals surface area contributed by atoms with Crippen LogP contribution in [0, 0.1) is 0 Å². The molecular formula is C38H46N8O5. The summed E-state index contributed by atoms with van der Waals surface area (Å²) in [6.07, 6.45) is 5.74. The Labute approximate surface area is 298 Å². The predicted molar refractivity (Wildman–Crippen MR) is 197 cm³/mol. The fraction of sp³-hybridized carbons (Fsp3) is 0.368. The van der Waals surface area contributed by atoms with Crippen molar-refractivity contribution in [1.82, 2.24) is 25.4 Å². The Morgan fingerprint density at radius 3 is 2.39 bits per heavy atom. The molecule has 2 aromatic carbocycles. The van der Waals surface area contributed by atoms with Gasteiger partial charge in [0.05, 0.1) is 24.7 Å². The molecular weight excluding hydrogens is 648 g/mol. The van der Waals surface area contributed by atoms with Gasteiger partial charge in [-0.15, -0.1) is 0 Å². The van der Waals surface area contributed by atoms with E-state index in [9.17, 15) is 19.2 Å². The molecule has 2 aliphatic heterocycles. The van der Waals surface area contributed by atoms with Gasteiger partial charge in [0, 0.05) is 86.6 Å². The number of carbonyl (C=O) groups excluding carboxylic acids is 4. The zero-order chi connectivity index (χ0) is 36.3. The van der Waals surface area contributed by atoms with Gasteiger partial charge in [-0.1, -0.05) is 32.0 Å². The third-order valence-corrected chi connectivity index (χ3v) is 8.67. The molecule has 0 aliphatic carbocycles.